The number of nitriles is 1. The van der Waals surface area contributed by atoms with Crippen LogP contribution in [-0.2, 0) is 25.3 Å². The third kappa shape index (κ3) is 4.64. The third-order valence-electron chi connectivity index (χ3n) is 2.74. The Balaban J connectivity index is 2.73. The number of esters is 1. The van der Waals surface area contributed by atoms with Crippen LogP contribution in [0.3, 0.4) is 0 Å². The second kappa shape index (κ2) is 7.03. The van der Waals surface area contributed by atoms with Crippen molar-refractivity contribution in [3.8, 4) is 6.07 Å². The molecule has 6 nitrogen and oxygen atoms in total. The lowest BCUT2D eigenvalue weighted by atomic mass is 10.2. The van der Waals surface area contributed by atoms with E-state index >= 15 is 0 Å². The Morgan fingerprint density at radius 1 is 1.45 bits per heavy atom. The Morgan fingerprint density at radius 2 is 2.15 bits per heavy atom. The number of hydrogen-bond acceptors (Lipinski definition) is 5. The summed E-state index contributed by atoms with van der Waals surface area (Å²) >= 11 is 0. The number of sulfonamides is 1. The van der Waals surface area contributed by atoms with Crippen LogP contribution in [0.25, 0.3) is 0 Å². The van der Waals surface area contributed by atoms with Gasteiger partial charge in [-0.2, -0.15) is 5.26 Å². The molecule has 1 rings (SSSR count). The first kappa shape index (κ1) is 16.1. The second-order valence-corrected chi connectivity index (χ2v) is 6.29. The predicted molar refractivity (Wildman–Crippen MR) is 73.0 cm³/mol. The Kier molecular flexibility index (Phi) is 5.67. The fourth-order valence-electron chi connectivity index (χ4n) is 1.54. The van der Waals surface area contributed by atoms with E-state index in [1.54, 1.807) is 18.2 Å². The van der Waals surface area contributed by atoms with E-state index in [0.717, 1.165) is 4.31 Å². The highest BCUT2D eigenvalue weighted by Crippen LogP contribution is 2.11. The molecule has 1 aromatic carbocycles. The minimum absolute atomic E-state index is 0.00443. The van der Waals surface area contributed by atoms with Gasteiger partial charge >= 0.3 is 5.97 Å². The van der Waals surface area contributed by atoms with E-state index < -0.39 is 16.0 Å². The fraction of sp³-hybridized carbons (Fsp3) is 0.385. The Labute approximate surface area is 118 Å². The van der Waals surface area contributed by atoms with Gasteiger partial charge in [-0.05, 0) is 17.7 Å². The average molecular weight is 296 g/mol. The zero-order valence-corrected chi connectivity index (χ0v) is 12.2. The first-order valence-corrected chi connectivity index (χ1v) is 7.50. The van der Waals surface area contributed by atoms with E-state index in [1.807, 2.05) is 6.07 Å². The van der Waals surface area contributed by atoms with E-state index in [0.29, 0.717) is 11.1 Å². The number of carbonyl (C=O) groups excluding carboxylic acids is 1. The number of ether oxygens (including phenoxy) is 1. The molecule has 0 saturated heterocycles. The molecular formula is C13H16N2O4S. The summed E-state index contributed by atoms with van der Waals surface area (Å²) in [5.74, 6) is -0.668. The van der Waals surface area contributed by atoms with Gasteiger partial charge in [0.15, 0.2) is 0 Å². The molecule has 0 atom stereocenters. The highest BCUT2D eigenvalue weighted by molar-refractivity contribution is 7.88. The number of methoxy groups -OCH3 is 1. The lowest BCUT2D eigenvalue weighted by molar-refractivity contribution is -0.140. The molecule has 0 unspecified atom stereocenters. The molecule has 0 heterocycles. The Morgan fingerprint density at radius 3 is 2.75 bits per heavy atom. The first-order valence-electron chi connectivity index (χ1n) is 5.89. The maximum absolute atomic E-state index is 12.1. The van der Waals surface area contributed by atoms with Crippen molar-refractivity contribution in [3.05, 3.63) is 35.4 Å². The third-order valence-corrected chi connectivity index (χ3v) is 4.57. The summed E-state index contributed by atoms with van der Waals surface area (Å²) in [5, 5.41) is 8.78. The van der Waals surface area contributed by atoms with Crippen molar-refractivity contribution < 1.29 is 17.9 Å². The summed E-state index contributed by atoms with van der Waals surface area (Å²) in [6, 6.07) is 8.38. The molecule has 0 spiro atoms. The number of nitrogens with zero attached hydrogens (tertiary/aromatic N) is 2. The summed E-state index contributed by atoms with van der Waals surface area (Å²) in [5.41, 5.74) is 0.948. The molecule has 20 heavy (non-hydrogen) atoms. The van der Waals surface area contributed by atoms with E-state index in [9.17, 15) is 13.2 Å². The van der Waals surface area contributed by atoms with Gasteiger partial charge in [-0.3, -0.25) is 4.79 Å². The zero-order chi connectivity index (χ0) is 15.2. The minimum atomic E-state index is -3.53. The van der Waals surface area contributed by atoms with E-state index in [-0.39, 0.29) is 18.7 Å². The highest BCUT2D eigenvalue weighted by Gasteiger charge is 2.19. The first-order chi connectivity index (χ1) is 9.39. The molecule has 0 aromatic heterocycles. The van der Waals surface area contributed by atoms with Gasteiger partial charge in [0.1, 0.15) is 0 Å². The van der Waals surface area contributed by atoms with Crippen molar-refractivity contribution in [2.45, 2.75) is 12.2 Å². The van der Waals surface area contributed by atoms with Crippen molar-refractivity contribution in [1.82, 2.24) is 4.31 Å². The topological polar surface area (TPSA) is 87.5 Å². The normalized spacial score (nSPS) is 11.1. The van der Waals surface area contributed by atoms with Crippen LogP contribution in [-0.4, -0.2) is 39.4 Å². The van der Waals surface area contributed by atoms with Crippen molar-refractivity contribution in [2.24, 2.45) is 0 Å². The monoisotopic (exact) mass is 296 g/mol. The lowest BCUT2D eigenvalue weighted by Crippen LogP contribution is -2.30. The molecular weight excluding hydrogens is 280 g/mol. The molecule has 7 heteroatoms. The minimum Gasteiger partial charge on any atom is -0.469 e. The molecule has 0 bridgehead atoms. The molecule has 108 valence electrons. The summed E-state index contributed by atoms with van der Waals surface area (Å²) in [6.45, 7) is 0.0624. The molecule has 0 aliphatic heterocycles. The molecule has 0 aliphatic carbocycles. The van der Waals surface area contributed by atoms with E-state index in [1.165, 1.54) is 20.2 Å². The van der Waals surface area contributed by atoms with E-state index in [2.05, 4.69) is 4.74 Å². The number of hydrogen-bond donors (Lipinski definition) is 0. The largest absolute Gasteiger partial charge is 0.469 e. The maximum atomic E-state index is 12.1. The molecule has 0 fully saturated rings. The van der Waals surface area contributed by atoms with Crippen LogP contribution >= 0.6 is 0 Å². The van der Waals surface area contributed by atoms with Crippen LogP contribution in [0.1, 0.15) is 17.5 Å². The van der Waals surface area contributed by atoms with E-state index in [4.69, 9.17) is 5.26 Å². The van der Waals surface area contributed by atoms with Gasteiger partial charge in [-0.1, -0.05) is 12.1 Å². The summed E-state index contributed by atoms with van der Waals surface area (Å²) in [4.78, 5) is 11.0. The van der Waals surface area contributed by atoms with Crippen molar-refractivity contribution in [3.63, 3.8) is 0 Å². The van der Waals surface area contributed by atoms with Crippen LogP contribution in [0.5, 0.6) is 0 Å². The quantitative estimate of drug-likeness (QED) is 0.727. The summed E-state index contributed by atoms with van der Waals surface area (Å²) in [6.07, 6.45) is 0.00443. The average Bonchev–Trinajstić information content (AvgIpc) is 2.43. The van der Waals surface area contributed by atoms with Crippen LogP contribution in [0, 0.1) is 11.3 Å². The van der Waals surface area contributed by atoms with Gasteiger partial charge in [-0.15, -0.1) is 0 Å². The molecule has 0 aliphatic rings. The summed E-state index contributed by atoms with van der Waals surface area (Å²) < 4.78 is 29.8. The predicted octanol–water partition coefficient (Wildman–Crippen LogP) is 0.883. The van der Waals surface area contributed by atoms with Crippen molar-refractivity contribution >= 4 is 16.0 Å². The zero-order valence-electron chi connectivity index (χ0n) is 11.4. The van der Waals surface area contributed by atoms with Gasteiger partial charge < -0.3 is 4.74 Å². The number of carbonyl (C=O) groups is 1. The number of benzene rings is 1. The van der Waals surface area contributed by atoms with Gasteiger partial charge in [0.05, 0.1) is 30.9 Å². The van der Waals surface area contributed by atoms with Gasteiger partial charge in [0.2, 0.25) is 10.0 Å². The molecule has 0 N–H and O–H groups in total. The highest BCUT2D eigenvalue weighted by atomic mass is 32.2. The molecule has 0 radical (unpaired) electrons. The number of rotatable bonds is 6. The van der Waals surface area contributed by atoms with Crippen LogP contribution < -0.4 is 0 Å². The van der Waals surface area contributed by atoms with Gasteiger partial charge in [-0.25, -0.2) is 12.7 Å². The smallest absolute Gasteiger partial charge is 0.306 e. The SMILES string of the molecule is COC(=O)CCN(C)S(=O)(=O)Cc1cccc(C#N)c1. The molecule has 0 amide bonds. The Hall–Kier alpha value is -1.91. The van der Waals surface area contributed by atoms with Crippen LogP contribution in [0.2, 0.25) is 0 Å². The maximum Gasteiger partial charge on any atom is 0.306 e. The van der Waals surface area contributed by atoms with Crippen LogP contribution in [0.4, 0.5) is 0 Å². The standard InChI is InChI=1S/C13H16N2O4S/c1-15(7-6-13(16)19-2)20(17,18)10-12-5-3-4-11(8-12)9-14/h3-5,8H,6-7,10H2,1-2H3. The molecule has 0 saturated carbocycles. The van der Waals surface area contributed by atoms with Crippen LogP contribution in [0.15, 0.2) is 24.3 Å². The van der Waals surface area contributed by atoms with Gasteiger partial charge in [0, 0.05) is 13.6 Å². The van der Waals surface area contributed by atoms with Crippen molar-refractivity contribution in [1.29, 1.82) is 5.26 Å². The molecule has 1 aromatic rings. The van der Waals surface area contributed by atoms with Crippen molar-refractivity contribution in [2.75, 3.05) is 20.7 Å². The Bertz CT molecular complexity index is 620. The second-order valence-electron chi connectivity index (χ2n) is 4.22. The summed E-state index contributed by atoms with van der Waals surface area (Å²) in [7, 11) is -0.863. The fourth-order valence-corrected chi connectivity index (χ4v) is 2.73. The lowest BCUT2D eigenvalue weighted by Gasteiger charge is -2.16. The van der Waals surface area contributed by atoms with Gasteiger partial charge in [0.25, 0.3) is 0 Å².